The van der Waals surface area contributed by atoms with Crippen molar-refractivity contribution in [2.45, 2.75) is 31.6 Å². The van der Waals surface area contributed by atoms with Crippen LogP contribution in [0.3, 0.4) is 0 Å². The standard InChI is InChI=1S/C21H20N4O2S/c1-4-17(26)24-16-12-8-7-11-15(16)18-19(27)22-21(28-3)23-25(18)20(24)14-10-6-5-9-13(14)2/h5-12,20H,4H2,1-3H3/p+1/t20-/m1/s1. The molecule has 0 saturated heterocycles. The van der Waals surface area contributed by atoms with Gasteiger partial charge in [-0.25, -0.2) is 4.90 Å². The van der Waals surface area contributed by atoms with Gasteiger partial charge in [0.15, 0.2) is 0 Å². The van der Waals surface area contributed by atoms with Crippen molar-refractivity contribution >= 4 is 23.4 Å². The molecule has 2 aromatic carbocycles. The number of fused-ring (bicyclic) bond motifs is 3. The Hall–Kier alpha value is -2.93. The fourth-order valence-corrected chi connectivity index (χ4v) is 4.03. The van der Waals surface area contributed by atoms with Crippen LogP contribution in [0, 0.1) is 6.92 Å². The van der Waals surface area contributed by atoms with Crippen molar-refractivity contribution in [1.29, 1.82) is 0 Å². The van der Waals surface area contributed by atoms with E-state index >= 15 is 0 Å². The number of aryl methyl sites for hydroxylation is 1. The molecule has 0 aliphatic carbocycles. The number of hydrogen-bond acceptors (Lipinski definition) is 4. The lowest BCUT2D eigenvalue weighted by molar-refractivity contribution is -0.763. The number of benzene rings is 2. The van der Waals surface area contributed by atoms with E-state index in [0.29, 0.717) is 22.8 Å². The maximum atomic E-state index is 13.1. The number of thioether (sulfide) groups is 1. The first-order chi connectivity index (χ1) is 13.6. The zero-order chi connectivity index (χ0) is 19.8. The molecule has 1 N–H and O–H groups in total. The van der Waals surface area contributed by atoms with Crippen LogP contribution >= 0.6 is 11.8 Å². The monoisotopic (exact) mass is 393 g/mol. The first-order valence-corrected chi connectivity index (χ1v) is 10.4. The van der Waals surface area contributed by atoms with E-state index in [9.17, 15) is 9.59 Å². The molecule has 7 heteroatoms. The molecule has 1 aliphatic heterocycles. The number of para-hydroxylation sites is 1. The second kappa shape index (κ2) is 7.24. The van der Waals surface area contributed by atoms with Crippen molar-refractivity contribution in [3.8, 4) is 11.3 Å². The second-order valence-electron chi connectivity index (χ2n) is 6.62. The van der Waals surface area contributed by atoms with Crippen LogP contribution in [-0.2, 0) is 4.79 Å². The van der Waals surface area contributed by atoms with Gasteiger partial charge in [-0.15, -0.1) is 0 Å². The first-order valence-electron chi connectivity index (χ1n) is 9.14. The van der Waals surface area contributed by atoms with Gasteiger partial charge in [0.1, 0.15) is 0 Å². The smallest absolute Gasteiger partial charge is 0.291 e. The number of amides is 1. The molecule has 0 fully saturated rings. The lowest BCUT2D eigenvalue weighted by Crippen LogP contribution is -2.61. The number of rotatable bonds is 3. The van der Waals surface area contributed by atoms with Gasteiger partial charge in [0.05, 0.1) is 11.3 Å². The molecule has 1 aromatic heterocycles. The molecule has 0 spiro atoms. The van der Waals surface area contributed by atoms with E-state index in [1.807, 2.05) is 68.6 Å². The van der Waals surface area contributed by atoms with Gasteiger partial charge in [-0.2, -0.15) is 0 Å². The number of carbonyl (C=O) groups is 1. The third-order valence-electron chi connectivity index (χ3n) is 4.99. The molecule has 3 aromatic rings. The van der Waals surface area contributed by atoms with E-state index in [1.54, 1.807) is 9.58 Å². The number of aromatic amines is 1. The van der Waals surface area contributed by atoms with Crippen molar-refractivity contribution in [1.82, 2.24) is 10.1 Å². The van der Waals surface area contributed by atoms with Crippen molar-refractivity contribution in [3.63, 3.8) is 0 Å². The Labute approximate surface area is 167 Å². The Bertz CT molecular complexity index is 1130. The summed E-state index contributed by atoms with van der Waals surface area (Å²) in [7, 11) is 0. The van der Waals surface area contributed by atoms with Gasteiger partial charge in [0, 0.05) is 17.1 Å². The van der Waals surface area contributed by atoms with Crippen LogP contribution in [0.5, 0.6) is 0 Å². The average Bonchev–Trinajstić information content (AvgIpc) is 2.72. The fraction of sp³-hybridized carbons (Fsp3) is 0.238. The number of H-pyrrole nitrogens is 1. The quantitative estimate of drug-likeness (QED) is 0.548. The van der Waals surface area contributed by atoms with E-state index in [4.69, 9.17) is 0 Å². The van der Waals surface area contributed by atoms with Crippen LogP contribution in [0.2, 0.25) is 0 Å². The largest absolute Gasteiger partial charge is 0.325 e. The molecule has 1 atom stereocenters. The van der Waals surface area contributed by atoms with Crippen molar-refractivity contribution in [2.75, 3.05) is 11.2 Å². The molecule has 28 heavy (non-hydrogen) atoms. The Morgan fingerprint density at radius 2 is 1.93 bits per heavy atom. The van der Waals surface area contributed by atoms with Crippen molar-refractivity contribution < 1.29 is 9.48 Å². The lowest BCUT2D eigenvalue weighted by Gasteiger charge is -2.32. The molecule has 0 radical (unpaired) electrons. The van der Waals surface area contributed by atoms with Crippen LogP contribution in [0.15, 0.2) is 58.5 Å². The lowest BCUT2D eigenvalue weighted by atomic mass is 9.98. The zero-order valence-corrected chi connectivity index (χ0v) is 16.8. The number of carbonyl (C=O) groups excluding carboxylic acids is 1. The molecule has 6 nitrogen and oxygen atoms in total. The number of nitrogens with one attached hydrogen (secondary N) is 1. The van der Waals surface area contributed by atoms with Gasteiger partial charge in [0.2, 0.25) is 11.1 Å². The predicted octanol–water partition coefficient (Wildman–Crippen LogP) is 3.06. The summed E-state index contributed by atoms with van der Waals surface area (Å²) in [5, 5.41) is 5.20. The normalized spacial score (nSPS) is 15.1. The van der Waals surface area contributed by atoms with E-state index in [0.717, 1.165) is 16.8 Å². The van der Waals surface area contributed by atoms with E-state index in [1.165, 1.54) is 11.8 Å². The molecule has 0 unspecified atom stereocenters. The van der Waals surface area contributed by atoms with Gasteiger partial charge < -0.3 is 0 Å². The molecule has 0 bridgehead atoms. The molecular weight excluding hydrogens is 372 g/mol. The SMILES string of the molecule is CCC(=O)N1c2ccccc2-c2c(=O)[nH]c(SC)n[n+]2[C@@H]1c1ccccc1C. The van der Waals surface area contributed by atoms with Gasteiger partial charge in [-0.3, -0.25) is 14.6 Å². The minimum absolute atomic E-state index is 0.0216. The van der Waals surface area contributed by atoms with Crippen LogP contribution in [0.1, 0.15) is 30.6 Å². The third-order valence-corrected chi connectivity index (χ3v) is 5.56. The summed E-state index contributed by atoms with van der Waals surface area (Å²) in [6.45, 7) is 3.85. The summed E-state index contributed by atoms with van der Waals surface area (Å²) in [6, 6.07) is 15.4. The molecule has 4 rings (SSSR count). The van der Waals surface area contributed by atoms with Crippen molar-refractivity contribution in [2.24, 2.45) is 0 Å². The maximum Gasteiger partial charge on any atom is 0.325 e. The number of anilines is 1. The Morgan fingerprint density at radius 1 is 1.21 bits per heavy atom. The first kappa shape index (κ1) is 18.4. The topological polar surface area (TPSA) is 69.9 Å². The number of aromatic nitrogens is 3. The Balaban J connectivity index is 2.12. The molecule has 142 valence electrons. The average molecular weight is 393 g/mol. The summed E-state index contributed by atoms with van der Waals surface area (Å²) in [4.78, 5) is 30.7. The highest BCUT2D eigenvalue weighted by atomic mass is 32.2. The summed E-state index contributed by atoms with van der Waals surface area (Å²) < 4.78 is 1.70. The highest BCUT2D eigenvalue weighted by molar-refractivity contribution is 7.98. The zero-order valence-electron chi connectivity index (χ0n) is 16.0. The van der Waals surface area contributed by atoms with Gasteiger partial charge >= 0.3 is 11.3 Å². The van der Waals surface area contributed by atoms with Gasteiger partial charge in [-0.1, -0.05) is 49.0 Å². The molecule has 1 aliphatic rings. The highest BCUT2D eigenvalue weighted by Gasteiger charge is 2.45. The molecule has 2 heterocycles. The maximum absolute atomic E-state index is 13.1. The summed E-state index contributed by atoms with van der Waals surface area (Å²) in [5.74, 6) is -0.0216. The van der Waals surface area contributed by atoms with Crippen LogP contribution in [-0.4, -0.2) is 22.2 Å². The molecule has 1 amide bonds. The number of hydrogen-bond donors (Lipinski definition) is 1. The van der Waals surface area contributed by atoms with Crippen LogP contribution < -0.4 is 15.1 Å². The highest BCUT2D eigenvalue weighted by Crippen LogP contribution is 2.38. The second-order valence-corrected chi connectivity index (χ2v) is 7.42. The van der Waals surface area contributed by atoms with Gasteiger partial charge in [-0.05, 0) is 41.6 Å². The molecular formula is C21H21N4O2S+. The minimum Gasteiger partial charge on any atom is -0.291 e. The van der Waals surface area contributed by atoms with Crippen molar-refractivity contribution in [3.05, 3.63) is 70.0 Å². The van der Waals surface area contributed by atoms with E-state index < -0.39 is 6.17 Å². The van der Waals surface area contributed by atoms with Crippen LogP contribution in [0.4, 0.5) is 5.69 Å². The molecule has 0 saturated carbocycles. The predicted molar refractivity (Wildman–Crippen MR) is 109 cm³/mol. The summed E-state index contributed by atoms with van der Waals surface area (Å²) in [6.07, 6.45) is 1.69. The Kier molecular flexibility index (Phi) is 4.77. The fourth-order valence-electron chi connectivity index (χ4n) is 3.66. The summed E-state index contributed by atoms with van der Waals surface area (Å²) >= 11 is 1.36. The van der Waals surface area contributed by atoms with Gasteiger partial charge in [0.25, 0.3) is 6.17 Å². The van der Waals surface area contributed by atoms with E-state index in [2.05, 4.69) is 10.1 Å². The van der Waals surface area contributed by atoms with E-state index in [-0.39, 0.29) is 11.5 Å². The number of nitrogens with zero attached hydrogens (tertiary/aromatic N) is 3. The Morgan fingerprint density at radius 3 is 2.64 bits per heavy atom. The third kappa shape index (κ3) is 2.82. The van der Waals surface area contributed by atoms with Crippen LogP contribution in [0.25, 0.3) is 11.3 Å². The summed E-state index contributed by atoms with van der Waals surface area (Å²) in [5.41, 5.74) is 3.65. The minimum atomic E-state index is -0.522.